The molecule has 1 aliphatic rings. The van der Waals surface area contributed by atoms with Gasteiger partial charge >= 0.3 is 6.09 Å². The summed E-state index contributed by atoms with van der Waals surface area (Å²) in [6, 6.07) is 0. The Hall–Kier alpha value is -0.620. The second-order valence-electron chi connectivity index (χ2n) is 2.14. The molecule has 0 aliphatic carbocycles. The van der Waals surface area contributed by atoms with Gasteiger partial charge < -0.3 is 10.0 Å². The van der Waals surface area contributed by atoms with Gasteiger partial charge in [-0.3, -0.25) is 5.14 Å². The molecule has 10 heavy (non-hydrogen) atoms. The van der Waals surface area contributed by atoms with Crippen molar-refractivity contribution in [2.45, 2.75) is 5.25 Å². The fourth-order valence-electron chi connectivity index (χ4n) is 0.741. The number of amides is 1. The molecule has 0 aromatic heterocycles. The smallest absolute Gasteiger partial charge is 0.407 e. The van der Waals surface area contributed by atoms with Crippen molar-refractivity contribution in [3.05, 3.63) is 0 Å². The molecule has 1 unspecified atom stereocenters. The fourth-order valence-corrected chi connectivity index (χ4v) is 1.39. The number of carboxylic acid groups (broad SMARTS) is 1. The van der Waals surface area contributed by atoms with Crippen molar-refractivity contribution in [3.63, 3.8) is 0 Å². The lowest BCUT2D eigenvalue weighted by Gasteiger charge is -2.34. The van der Waals surface area contributed by atoms with E-state index in [0.29, 0.717) is 13.1 Å². The molecular weight excluding hydrogens is 156 g/mol. The van der Waals surface area contributed by atoms with E-state index in [1.54, 1.807) is 0 Å². The van der Waals surface area contributed by atoms with Crippen molar-refractivity contribution in [1.82, 2.24) is 4.90 Å². The molecule has 0 spiro atoms. The molecule has 3 N–H and O–H groups in total. The average Bonchev–Trinajstić information content (AvgIpc) is 1.56. The van der Waals surface area contributed by atoms with Crippen LogP contribution >= 0.6 is 0 Å². The number of nitrogens with zero attached hydrogens (tertiary/aromatic N) is 1. The summed E-state index contributed by atoms with van der Waals surface area (Å²) < 4.78 is 10.5. The largest absolute Gasteiger partial charge is 0.465 e. The van der Waals surface area contributed by atoms with Crippen molar-refractivity contribution in [2.75, 3.05) is 13.1 Å². The molecular formula is C4H8N2O3S. The fraction of sp³-hybridized carbons (Fsp3) is 0.750. The molecule has 0 radical (unpaired) electrons. The quantitative estimate of drug-likeness (QED) is 0.519. The van der Waals surface area contributed by atoms with Crippen molar-refractivity contribution >= 4 is 17.1 Å². The lowest BCUT2D eigenvalue weighted by atomic mass is 10.2. The molecule has 6 heteroatoms. The highest BCUT2D eigenvalue weighted by molar-refractivity contribution is 7.83. The van der Waals surface area contributed by atoms with Gasteiger partial charge in [-0.25, -0.2) is 9.00 Å². The van der Waals surface area contributed by atoms with Gasteiger partial charge in [-0.15, -0.1) is 0 Å². The van der Waals surface area contributed by atoms with Gasteiger partial charge in [0.25, 0.3) is 0 Å². The first-order valence-corrected chi connectivity index (χ1v) is 4.01. The lowest BCUT2D eigenvalue weighted by molar-refractivity contribution is 0.120. The number of rotatable bonds is 1. The Balaban J connectivity index is 2.31. The first kappa shape index (κ1) is 7.49. The number of hydrogen-bond acceptors (Lipinski definition) is 2. The van der Waals surface area contributed by atoms with E-state index < -0.39 is 17.1 Å². The maximum Gasteiger partial charge on any atom is 0.407 e. The van der Waals surface area contributed by atoms with Crippen LogP contribution in [0.2, 0.25) is 0 Å². The second-order valence-corrected chi connectivity index (χ2v) is 3.46. The SMILES string of the molecule is NS(=O)C1CN(C(=O)O)C1. The molecule has 1 atom stereocenters. The van der Waals surface area contributed by atoms with E-state index in [4.69, 9.17) is 10.2 Å². The highest BCUT2D eigenvalue weighted by Crippen LogP contribution is 2.10. The van der Waals surface area contributed by atoms with E-state index >= 15 is 0 Å². The molecule has 0 aromatic carbocycles. The van der Waals surface area contributed by atoms with E-state index in [9.17, 15) is 9.00 Å². The van der Waals surface area contributed by atoms with Crippen LogP contribution in [0.15, 0.2) is 0 Å². The molecule has 1 heterocycles. The molecule has 1 saturated heterocycles. The standard InChI is InChI=1S/C4H8N2O3S/c5-10(9)3-1-6(2-3)4(7)8/h3H,1-2,5H2,(H,7,8). The summed E-state index contributed by atoms with van der Waals surface area (Å²) in [7, 11) is -1.37. The van der Waals surface area contributed by atoms with Crippen LogP contribution < -0.4 is 5.14 Å². The zero-order valence-corrected chi connectivity index (χ0v) is 6.00. The monoisotopic (exact) mass is 164 g/mol. The molecule has 1 aliphatic heterocycles. The van der Waals surface area contributed by atoms with E-state index in [-0.39, 0.29) is 5.25 Å². The third-order valence-corrected chi connectivity index (χ3v) is 2.40. The van der Waals surface area contributed by atoms with Gasteiger partial charge in [0.1, 0.15) is 0 Å². The zero-order chi connectivity index (χ0) is 7.72. The number of likely N-dealkylation sites (tertiary alicyclic amines) is 1. The Morgan fingerprint density at radius 3 is 2.50 bits per heavy atom. The van der Waals surface area contributed by atoms with Crippen LogP contribution in [0.3, 0.4) is 0 Å². The number of nitrogens with two attached hydrogens (primary N) is 1. The summed E-state index contributed by atoms with van der Waals surface area (Å²) in [5.74, 6) is 0. The van der Waals surface area contributed by atoms with Crippen molar-refractivity contribution < 1.29 is 14.1 Å². The van der Waals surface area contributed by atoms with Crippen LogP contribution in [-0.4, -0.2) is 38.6 Å². The maximum absolute atomic E-state index is 10.5. The Kier molecular flexibility index (Phi) is 1.91. The van der Waals surface area contributed by atoms with Gasteiger partial charge in [0.2, 0.25) is 0 Å². The van der Waals surface area contributed by atoms with Crippen LogP contribution in [-0.2, 0) is 11.0 Å². The van der Waals surface area contributed by atoms with Crippen molar-refractivity contribution in [1.29, 1.82) is 0 Å². The van der Waals surface area contributed by atoms with Gasteiger partial charge in [0.15, 0.2) is 0 Å². The predicted molar refractivity (Wildman–Crippen MR) is 35.7 cm³/mol. The first-order valence-electron chi connectivity index (χ1n) is 2.74. The Bertz CT molecular complexity index is 159. The van der Waals surface area contributed by atoms with E-state index in [1.807, 2.05) is 0 Å². The van der Waals surface area contributed by atoms with Crippen molar-refractivity contribution in [3.8, 4) is 0 Å². The summed E-state index contributed by atoms with van der Waals surface area (Å²) in [5, 5.41) is 13.2. The molecule has 58 valence electrons. The highest BCUT2D eigenvalue weighted by Gasteiger charge is 2.33. The second kappa shape index (κ2) is 2.55. The highest BCUT2D eigenvalue weighted by atomic mass is 32.2. The van der Waals surface area contributed by atoms with Crippen LogP contribution in [0.1, 0.15) is 0 Å². The molecule has 0 aromatic rings. The van der Waals surface area contributed by atoms with Gasteiger partial charge in [-0.2, -0.15) is 0 Å². The van der Waals surface area contributed by atoms with Crippen molar-refractivity contribution in [2.24, 2.45) is 5.14 Å². The topological polar surface area (TPSA) is 83.6 Å². The molecule has 5 nitrogen and oxygen atoms in total. The van der Waals surface area contributed by atoms with E-state index in [2.05, 4.69) is 0 Å². The van der Waals surface area contributed by atoms with E-state index in [1.165, 1.54) is 4.90 Å². The average molecular weight is 164 g/mol. The molecule has 1 rings (SSSR count). The van der Waals surface area contributed by atoms with E-state index in [0.717, 1.165) is 0 Å². The van der Waals surface area contributed by atoms with Gasteiger partial charge in [-0.05, 0) is 0 Å². The van der Waals surface area contributed by atoms with Gasteiger partial charge in [0.05, 0.1) is 16.2 Å². The summed E-state index contributed by atoms with van der Waals surface area (Å²) >= 11 is 0. The Morgan fingerprint density at radius 2 is 2.20 bits per heavy atom. The summed E-state index contributed by atoms with van der Waals surface area (Å²) in [6.45, 7) is 0.608. The molecule has 0 saturated carbocycles. The molecule has 0 bridgehead atoms. The Labute approximate surface area is 60.4 Å². The Morgan fingerprint density at radius 1 is 1.70 bits per heavy atom. The van der Waals surface area contributed by atoms with Crippen LogP contribution in [0.25, 0.3) is 0 Å². The number of hydrogen-bond donors (Lipinski definition) is 2. The summed E-state index contributed by atoms with van der Waals surface area (Å²) in [6.07, 6.45) is -0.971. The summed E-state index contributed by atoms with van der Waals surface area (Å²) in [4.78, 5) is 11.3. The minimum absolute atomic E-state index is 0.156. The van der Waals surface area contributed by atoms with Crippen LogP contribution in [0.5, 0.6) is 0 Å². The minimum Gasteiger partial charge on any atom is -0.465 e. The van der Waals surface area contributed by atoms with Gasteiger partial charge in [0, 0.05) is 13.1 Å². The molecule has 1 amide bonds. The third kappa shape index (κ3) is 1.27. The normalized spacial score (nSPS) is 21.9. The summed E-state index contributed by atoms with van der Waals surface area (Å²) in [5.41, 5.74) is 0. The third-order valence-electron chi connectivity index (χ3n) is 1.45. The maximum atomic E-state index is 10.5. The predicted octanol–water partition coefficient (Wildman–Crippen LogP) is -1.03. The van der Waals surface area contributed by atoms with Crippen LogP contribution in [0, 0.1) is 0 Å². The molecule has 1 fully saturated rings. The number of carbonyl (C=O) groups is 1. The van der Waals surface area contributed by atoms with Gasteiger partial charge in [-0.1, -0.05) is 0 Å². The lowest BCUT2D eigenvalue weighted by Crippen LogP contribution is -2.56. The minimum atomic E-state index is -1.37. The zero-order valence-electron chi connectivity index (χ0n) is 5.19. The van der Waals surface area contributed by atoms with Crippen LogP contribution in [0.4, 0.5) is 4.79 Å². The first-order chi connectivity index (χ1) is 4.61.